The highest BCUT2D eigenvalue weighted by Gasteiger charge is 1.97. The van der Waals surface area contributed by atoms with Crippen molar-refractivity contribution in [1.29, 1.82) is 0 Å². The molecule has 1 heteroatoms. The first-order valence-corrected chi connectivity index (χ1v) is 5.68. The lowest BCUT2D eigenvalue weighted by Gasteiger charge is -2.07. The van der Waals surface area contributed by atoms with Gasteiger partial charge in [0.25, 0.3) is 0 Å². The average molecular weight is 224 g/mol. The van der Waals surface area contributed by atoms with E-state index in [1.165, 1.54) is 5.56 Å². The molecule has 2 aromatic carbocycles. The molecule has 0 spiro atoms. The Morgan fingerprint density at radius 3 is 2.24 bits per heavy atom. The molecule has 2 rings (SSSR count). The quantitative estimate of drug-likeness (QED) is 0.752. The maximum absolute atomic E-state index is 5.70. The van der Waals surface area contributed by atoms with Crippen molar-refractivity contribution in [2.75, 3.05) is 0 Å². The van der Waals surface area contributed by atoms with Gasteiger partial charge in [-0.2, -0.15) is 0 Å². The minimum Gasteiger partial charge on any atom is -0.489 e. The summed E-state index contributed by atoms with van der Waals surface area (Å²) >= 11 is 0. The standard InChI is InChI=1S/C16H16O/c1-13(2)15-8-10-16(11-9-15)17-12-14-6-4-3-5-7-14/h3-11H,1,12H2,2H3. The van der Waals surface area contributed by atoms with Crippen LogP contribution in [0.5, 0.6) is 5.75 Å². The van der Waals surface area contributed by atoms with E-state index in [0.717, 1.165) is 16.9 Å². The number of ether oxygens (including phenoxy) is 1. The molecule has 0 aromatic heterocycles. The Balaban J connectivity index is 1.98. The number of hydrogen-bond acceptors (Lipinski definition) is 1. The zero-order valence-electron chi connectivity index (χ0n) is 10.0. The zero-order valence-corrected chi connectivity index (χ0v) is 10.0. The first-order chi connectivity index (χ1) is 8.25. The van der Waals surface area contributed by atoms with Crippen molar-refractivity contribution >= 4 is 5.57 Å². The molecule has 0 bridgehead atoms. The molecular formula is C16H16O. The normalized spacial score (nSPS) is 9.94. The number of allylic oxidation sites excluding steroid dienone is 1. The second-order valence-electron chi connectivity index (χ2n) is 4.08. The van der Waals surface area contributed by atoms with Gasteiger partial charge >= 0.3 is 0 Å². The van der Waals surface area contributed by atoms with E-state index < -0.39 is 0 Å². The average Bonchev–Trinajstić information content (AvgIpc) is 2.38. The minimum atomic E-state index is 0.604. The van der Waals surface area contributed by atoms with Crippen LogP contribution >= 0.6 is 0 Å². The topological polar surface area (TPSA) is 9.23 Å². The summed E-state index contributed by atoms with van der Waals surface area (Å²) < 4.78 is 5.70. The lowest BCUT2D eigenvalue weighted by atomic mass is 10.1. The van der Waals surface area contributed by atoms with Crippen LogP contribution in [-0.4, -0.2) is 0 Å². The van der Waals surface area contributed by atoms with Crippen molar-refractivity contribution in [3.8, 4) is 5.75 Å². The predicted octanol–water partition coefficient (Wildman–Crippen LogP) is 4.30. The van der Waals surface area contributed by atoms with Crippen molar-refractivity contribution in [3.63, 3.8) is 0 Å². The summed E-state index contributed by atoms with van der Waals surface area (Å²) in [6, 6.07) is 18.2. The molecule has 0 saturated heterocycles. The van der Waals surface area contributed by atoms with Gasteiger partial charge in [-0.15, -0.1) is 0 Å². The van der Waals surface area contributed by atoms with Gasteiger partial charge in [0.1, 0.15) is 12.4 Å². The van der Waals surface area contributed by atoms with Crippen LogP contribution in [0, 0.1) is 0 Å². The van der Waals surface area contributed by atoms with Crippen molar-refractivity contribution in [3.05, 3.63) is 72.3 Å². The van der Waals surface area contributed by atoms with Crippen molar-refractivity contribution in [1.82, 2.24) is 0 Å². The summed E-state index contributed by atoms with van der Waals surface area (Å²) in [6.45, 7) is 6.51. The van der Waals surface area contributed by atoms with Gasteiger partial charge in [0, 0.05) is 0 Å². The fourth-order valence-electron chi connectivity index (χ4n) is 1.58. The van der Waals surface area contributed by atoms with Crippen molar-refractivity contribution in [2.24, 2.45) is 0 Å². The van der Waals surface area contributed by atoms with Crippen molar-refractivity contribution < 1.29 is 4.74 Å². The fraction of sp³-hybridized carbons (Fsp3) is 0.125. The van der Waals surface area contributed by atoms with E-state index in [4.69, 9.17) is 4.74 Å². The molecule has 0 aliphatic rings. The fourth-order valence-corrected chi connectivity index (χ4v) is 1.58. The summed E-state index contributed by atoms with van der Waals surface area (Å²) in [6.07, 6.45) is 0. The maximum Gasteiger partial charge on any atom is 0.119 e. The van der Waals surface area contributed by atoms with Crippen LogP contribution in [-0.2, 0) is 6.61 Å². The molecular weight excluding hydrogens is 208 g/mol. The second kappa shape index (κ2) is 5.35. The van der Waals surface area contributed by atoms with Gasteiger partial charge in [0.2, 0.25) is 0 Å². The van der Waals surface area contributed by atoms with E-state index in [-0.39, 0.29) is 0 Å². The predicted molar refractivity (Wildman–Crippen MR) is 71.9 cm³/mol. The van der Waals surface area contributed by atoms with E-state index >= 15 is 0 Å². The third-order valence-corrected chi connectivity index (χ3v) is 2.60. The number of benzene rings is 2. The largest absolute Gasteiger partial charge is 0.489 e. The minimum absolute atomic E-state index is 0.604. The van der Waals surface area contributed by atoms with Crippen LogP contribution in [0.2, 0.25) is 0 Å². The van der Waals surface area contributed by atoms with Crippen LogP contribution < -0.4 is 4.74 Å². The van der Waals surface area contributed by atoms with Gasteiger partial charge in [-0.1, -0.05) is 54.6 Å². The van der Waals surface area contributed by atoms with E-state index in [0.29, 0.717) is 6.61 Å². The molecule has 0 fully saturated rings. The van der Waals surface area contributed by atoms with Gasteiger partial charge in [0.15, 0.2) is 0 Å². The van der Waals surface area contributed by atoms with Gasteiger partial charge in [-0.25, -0.2) is 0 Å². The monoisotopic (exact) mass is 224 g/mol. The van der Waals surface area contributed by atoms with Crippen LogP contribution in [0.4, 0.5) is 0 Å². The molecule has 86 valence electrons. The van der Waals surface area contributed by atoms with Crippen LogP contribution in [0.3, 0.4) is 0 Å². The Morgan fingerprint density at radius 2 is 1.65 bits per heavy atom. The first-order valence-electron chi connectivity index (χ1n) is 5.68. The Bertz CT molecular complexity index is 483. The lowest BCUT2D eigenvalue weighted by molar-refractivity contribution is 0.306. The van der Waals surface area contributed by atoms with Crippen LogP contribution in [0.25, 0.3) is 5.57 Å². The second-order valence-corrected chi connectivity index (χ2v) is 4.08. The smallest absolute Gasteiger partial charge is 0.119 e. The van der Waals surface area contributed by atoms with E-state index in [1.807, 2.05) is 49.4 Å². The highest BCUT2D eigenvalue weighted by Crippen LogP contribution is 2.18. The molecule has 0 atom stereocenters. The van der Waals surface area contributed by atoms with Gasteiger partial charge < -0.3 is 4.74 Å². The maximum atomic E-state index is 5.70. The molecule has 0 radical (unpaired) electrons. The highest BCUT2D eigenvalue weighted by molar-refractivity contribution is 5.61. The first kappa shape index (κ1) is 11.5. The van der Waals surface area contributed by atoms with E-state index in [2.05, 4.69) is 18.7 Å². The lowest BCUT2D eigenvalue weighted by Crippen LogP contribution is -1.94. The molecule has 0 aliphatic carbocycles. The molecule has 0 aliphatic heterocycles. The number of rotatable bonds is 4. The third-order valence-electron chi connectivity index (χ3n) is 2.60. The Labute approximate surface area is 102 Å². The van der Waals surface area contributed by atoms with Gasteiger partial charge in [-0.3, -0.25) is 0 Å². The molecule has 1 nitrogen and oxygen atoms in total. The summed E-state index contributed by atoms with van der Waals surface area (Å²) in [7, 11) is 0. The Morgan fingerprint density at radius 1 is 1.00 bits per heavy atom. The Hall–Kier alpha value is -2.02. The van der Waals surface area contributed by atoms with Crippen LogP contribution in [0.1, 0.15) is 18.1 Å². The SMILES string of the molecule is C=C(C)c1ccc(OCc2ccccc2)cc1. The van der Waals surface area contributed by atoms with Crippen molar-refractivity contribution in [2.45, 2.75) is 13.5 Å². The molecule has 2 aromatic rings. The van der Waals surface area contributed by atoms with Crippen LogP contribution in [0.15, 0.2) is 61.2 Å². The van der Waals surface area contributed by atoms with E-state index in [9.17, 15) is 0 Å². The molecule has 0 N–H and O–H groups in total. The molecule has 17 heavy (non-hydrogen) atoms. The summed E-state index contributed by atoms with van der Waals surface area (Å²) in [5, 5.41) is 0. The Kier molecular flexibility index (Phi) is 3.61. The number of hydrogen-bond donors (Lipinski definition) is 0. The summed E-state index contributed by atoms with van der Waals surface area (Å²) in [5.41, 5.74) is 3.40. The molecule has 0 amide bonds. The van der Waals surface area contributed by atoms with Gasteiger partial charge in [-0.05, 0) is 30.2 Å². The molecule has 0 heterocycles. The molecule has 0 saturated carbocycles. The summed E-state index contributed by atoms with van der Waals surface area (Å²) in [5.74, 6) is 0.888. The highest BCUT2D eigenvalue weighted by atomic mass is 16.5. The molecule has 0 unspecified atom stereocenters. The van der Waals surface area contributed by atoms with E-state index in [1.54, 1.807) is 0 Å². The van der Waals surface area contributed by atoms with Gasteiger partial charge in [0.05, 0.1) is 0 Å². The third kappa shape index (κ3) is 3.22. The summed E-state index contributed by atoms with van der Waals surface area (Å²) in [4.78, 5) is 0. The zero-order chi connectivity index (χ0) is 12.1.